The second-order valence-electron chi connectivity index (χ2n) is 4.92. The van der Waals surface area contributed by atoms with Gasteiger partial charge >= 0.3 is 0 Å². The molecule has 0 fully saturated rings. The van der Waals surface area contributed by atoms with E-state index in [9.17, 15) is 9.59 Å². The van der Waals surface area contributed by atoms with Crippen molar-refractivity contribution in [2.75, 3.05) is 5.32 Å². The SMILES string of the molecule is O=C(Nc1nnc(-c2cccs2)s1)C(=O)c1c[nH]c2ccccc12. The lowest BCUT2D eigenvalue weighted by Gasteiger charge is -1.99. The molecule has 0 unspecified atom stereocenters. The highest BCUT2D eigenvalue weighted by molar-refractivity contribution is 7.23. The molecule has 0 saturated heterocycles. The summed E-state index contributed by atoms with van der Waals surface area (Å²) in [6, 6.07) is 11.2. The first kappa shape index (κ1) is 14.7. The van der Waals surface area contributed by atoms with Crippen LogP contribution in [0.3, 0.4) is 0 Å². The van der Waals surface area contributed by atoms with E-state index in [-0.39, 0.29) is 0 Å². The Morgan fingerprint density at radius 3 is 2.79 bits per heavy atom. The van der Waals surface area contributed by atoms with Gasteiger partial charge in [0.2, 0.25) is 5.13 Å². The lowest BCUT2D eigenvalue weighted by atomic mass is 10.1. The summed E-state index contributed by atoms with van der Waals surface area (Å²) in [5.41, 5.74) is 1.15. The molecule has 1 amide bonds. The standard InChI is InChI=1S/C16H10N4O2S2/c21-13(10-8-17-11-5-2-1-4-9(10)11)14(22)18-16-20-19-15(24-16)12-6-3-7-23-12/h1-8,17H,(H,18,20,22). The molecule has 118 valence electrons. The third-order valence-electron chi connectivity index (χ3n) is 3.42. The molecular weight excluding hydrogens is 344 g/mol. The number of hydrogen-bond donors (Lipinski definition) is 2. The van der Waals surface area contributed by atoms with E-state index in [1.165, 1.54) is 22.7 Å². The molecule has 0 spiro atoms. The van der Waals surface area contributed by atoms with Crippen LogP contribution in [0, 0.1) is 0 Å². The van der Waals surface area contributed by atoms with Crippen LogP contribution in [-0.2, 0) is 4.79 Å². The number of rotatable bonds is 4. The van der Waals surface area contributed by atoms with Crippen molar-refractivity contribution in [3.63, 3.8) is 0 Å². The number of aromatic nitrogens is 3. The number of para-hydroxylation sites is 1. The van der Waals surface area contributed by atoms with E-state index < -0.39 is 11.7 Å². The highest BCUT2D eigenvalue weighted by atomic mass is 32.1. The first-order valence-electron chi connectivity index (χ1n) is 7.01. The molecule has 0 atom stereocenters. The van der Waals surface area contributed by atoms with Crippen molar-refractivity contribution in [1.82, 2.24) is 15.2 Å². The van der Waals surface area contributed by atoms with Crippen molar-refractivity contribution in [3.8, 4) is 9.88 Å². The van der Waals surface area contributed by atoms with Gasteiger partial charge in [-0.05, 0) is 17.5 Å². The number of aromatic amines is 1. The Balaban J connectivity index is 1.55. The Hall–Kier alpha value is -2.84. The summed E-state index contributed by atoms with van der Waals surface area (Å²) >= 11 is 2.77. The fourth-order valence-corrected chi connectivity index (χ4v) is 3.84. The van der Waals surface area contributed by atoms with E-state index >= 15 is 0 Å². The van der Waals surface area contributed by atoms with Gasteiger partial charge in [-0.3, -0.25) is 14.9 Å². The van der Waals surface area contributed by atoms with E-state index in [2.05, 4.69) is 20.5 Å². The van der Waals surface area contributed by atoms with Crippen LogP contribution < -0.4 is 5.32 Å². The molecular formula is C16H10N4O2S2. The van der Waals surface area contributed by atoms with Crippen molar-refractivity contribution in [2.45, 2.75) is 0 Å². The number of ketones is 1. The number of fused-ring (bicyclic) bond motifs is 1. The number of H-pyrrole nitrogens is 1. The zero-order chi connectivity index (χ0) is 16.5. The molecule has 0 saturated carbocycles. The minimum atomic E-state index is -0.728. The van der Waals surface area contributed by atoms with Gasteiger partial charge < -0.3 is 4.98 Å². The molecule has 0 aliphatic carbocycles. The van der Waals surface area contributed by atoms with Crippen LogP contribution in [0.15, 0.2) is 48.0 Å². The Morgan fingerprint density at radius 2 is 1.96 bits per heavy atom. The zero-order valence-electron chi connectivity index (χ0n) is 12.1. The Bertz CT molecular complexity index is 1030. The van der Waals surface area contributed by atoms with Crippen LogP contribution >= 0.6 is 22.7 Å². The Kier molecular flexibility index (Phi) is 3.68. The summed E-state index contributed by atoms with van der Waals surface area (Å²) in [6.45, 7) is 0. The number of benzene rings is 1. The summed E-state index contributed by atoms with van der Waals surface area (Å²) < 4.78 is 0. The number of nitrogens with zero attached hydrogens (tertiary/aromatic N) is 2. The highest BCUT2D eigenvalue weighted by Crippen LogP contribution is 2.29. The van der Waals surface area contributed by atoms with Gasteiger partial charge in [0.05, 0.1) is 10.4 Å². The van der Waals surface area contributed by atoms with Crippen molar-refractivity contribution < 1.29 is 9.59 Å². The first-order chi connectivity index (χ1) is 11.7. The number of carbonyl (C=O) groups excluding carboxylic acids is 2. The lowest BCUT2D eigenvalue weighted by Crippen LogP contribution is -2.22. The van der Waals surface area contributed by atoms with Crippen molar-refractivity contribution in [1.29, 1.82) is 0 Å². The van der Waals surface area contributed by atoms with Gasteiger partial charge in [0.1, 0.15) is 0 Å². The third kappa shape index (κ3) is 2.61. The van der Waals surface area contributed by atoms with Gasteiger partial charge in [0, 0.05) is 17.1 Å². The number of thiophene rings is 1. The summed E-state index contributed by atoms with van der Waals surface area (Å²) in [5.74, 6) is -1.34. The average molecular weight is 354 g/mol. The summed E-state index contributed by atoms with van der Waals surface area (Å²) in [5, 5.41) is 14.1. The second kappa shape index (κ2) is 5.99. The molecule has 4 aromatic rings. The van der Waals surface area contributed by atoms with Crippen molar-refractivity contribution >= 4 is 50.4 Å². The number of carbonyl (C=O) groups is 2. The molecule has 8 heteroatoms. The van der Waals surface area contributed by atoms with Crippen LogP contribution in [-0.4, -0.2) is 26.9 Å². The quantitative estimate of drug-likeness (QED) is 0.433. The predicted octanol–water partition coefficient (Wildman–Crippen LogP) is 3.57. The molecule has 3 aromatic heterocycles. The van der Waals surface area contributed by atoms with Crippen molar-refractivity contribution in [2.24, 2.45) is 0 Å². The fraction of sp³-hybridized carbons (Fsp3) is 0. The number of hydrogen-bond acceptors (Lipinski definition) is 6. The summed E-state index contributed by atoms with van der Waals surface area (Å²) in [4.78, 5) is 28.6. The molecule has 4 rings (SSSR count). The average Bonchev–Trinajstić information content (AvgIpc) is 3.33. The highest BCUT2D eigenvalue weighted by Gasteiger charge is 2.21. The smallest absolute Gasteiger partial charge is 0.298 e. The number of amides is 1. The van der Waals surface area contributed by atoms with Gasteiger partial charge in [0.15, 0.2) is 5.01 Å². The Labute approximate surface area is 144 Å². The van der Waals surface area contributed by atoms with Crippen LogP contribution in [0.2, 0.25) is 0 Å². The maximum atomic E-state index is 12.4. The lowest BCUT2D eigenvalue weighted by molar-refractivity contribution is -0.112. The number of anilines is 1. The minimum absolute atomic E-state index is 0.302. The largest absolute Gasteiger partial charge is 0.360 e. The zero-order valence-corrected chi connectivity index (χ0v) is 13.8. The van der Waals surface area contributed by atoms with E-state index in [1.807, 2.05) is 35.7 Å². The molecule has 6 nitrogen and oxygen atoms in total. The van der Waals surface area contributed by atoms with Crippen LogP contribution in [0.1, 0.15) is 10.4 Å². The second-order valence-corrected chi connectivity index (χ2v) is 6.85. The molecule has 0 aliphatic heterocycles. The maximum Gasteiger partial charge on any atom is 0.298 e. The normalized spacial score (nSPS) is 10.8. The molecule has 24 heavy (non-hydrogen) atoms. The summed E-state index contributed by atoms with van der Waals surface area (Å²) in [7, 11) is 0. The van der Waals surface area contributed by atoms with E-state index in [4.69, 9.17) is 0 Å². The molecule has 0 radical (unpaired) electrons. The predicted molar refractivity (Wildman–Crippen MR) is 94.5 cm³/mol. The minimum Gasteiger partial charge on any atom is -0.360 e. The van der Waals surface area contributed by atoms with Crippen LogP contribution in [0.5, 0.6) is 0 Å². The molecule has 0 aliphatic rings. The van der Waals surface area contributed by atoms with E-state index in [1.54, 1.807) is 12.3 Å². The van der Waals surface area contributed by atoms with Crippen LogP contribution in [0.25, 0.3) is 20.8 Å². The Morgan fingerprint density at radius 1 is 1.08 bits per heavy atom. The molecule has 1 aromatic carbocycles. The van der Waals surface area contributed by atoms with Gasteiger partial charge in [-0.25, -0.2) is 0 Å². The number of nitrogens with one attached hydrogen (secondary N) is 2. The van der Waals surface area contributed by atoms with E-state index in [0.29, 0.717) is 21.1 Å². The maximum absolute atomic E-state index is 12.4. The number of Topliss-reactive ketones (excluding diaryl/α,β-unsaturated/α-hetero) is 1. The van der Waals surface area contributed by atoms with Gasteiger partial charge in [-0.2, -0.15) is 0 Å². The first-order valence-corrected chi connectivity index (χ1v) is 8.71. The monoisotopic (exact) mass is 354 g/mol. The van der Waals surface area contributed by atoms with Crippen molar-refractivity contribution in [3.05, 3.63) is 53.5 Å². The van der Waals surface area contributed by atoms with Gasteiger partial charge in [-0.1, -0.05) is 35.6 Å². The molecule has 2 N–H and O–H groups in total. The van der Waals surface area contributed by atoms with Gasteiger partial charge in [-0.15, -0.1) is 21.5 Å². The van der Waals surface area contributed by atoms with Crippen LogP contribution in [0.4, 0.5) is 5.13 Å². The topological polar surface area (TPSA) is 87.7 Å². The van der Waals surface area contributed by atoms with Gasteiger partial charge in [0.25, 0.3) is 11.7 Å². The third-order valence-corrected chi connectivity index (χ3v) is 5.30. The summed E-state index contributed by atoms with van der Waals surface area (Å²) in [6.07, 6.45) is 1.55. The van der Waals surface area contributed by atoms with E-state index in [0.717, 1.165) is 10.4 Å². The fourth-order valence-electron chi connectivity index (χ4n) is 2.31. The molecule has 3 heterocycles. The molecule has 0 bridgehead atoms.